The van der Waals surface area contributed by atoms with Crippen LogP contribution in [0.1, 0.15) is 103 Å². The topological polar surface area (TPSA) is 170 Å². The number of carbonyl (C=O) groups excluding carboxylic acids is 4. The molecular formula is C36H40N4O8S2. The smallest absolute Gasteiger partial charge is 0.275 e. The minimum atomic E-state index is -3.58. The van der Waals surface area contributed by atoms with Crippen molar-refractivity contribution in [2.24, 2.45) is 12.1 Å². The lowest BCUT2D eigenvalue weighted by molar-refractivity contribution is -0.124. The van der Waals surface area contributed by atoms with Gasteiger partial charge in [0, 0.05) is 49.3 Å². The Bertz CT molecular complexity index is 2380. The maximum atomic E-state index is 13.1. The van der Waals surface area contributed by atoms with Crippen molar-refractivity contribution in [3.8, 4) is 0 Å². The summed E-state index contributed by atoms with van der Waals surface area (Å²) >= 11 is 0. The number of sulfone groups is 2. The van der Waals surface area contributed by atoms with Crippen LogP contribution in [0.15, 0.2) is 32.6 Å². The second-order valence-electron chi connectivity index (χ2n) is 13.1. The molecule has 3 aliphatic heterocycles. The lowest BCUT2D eigenvalue weighted by Gasteiger charge is -2.23. The molecule has 12 nitrogen and oxygen atoms in total. The number of carbonyl (C=O) groups is 4. The Morgan fingerprint density at radius 2 is 1.20 bits per heavy atom. The molecule has 0 radical (unpaired) electrons. The predicted molar refractivity (Wildman–Crippen MR) is 188 cm³/mol. The molecule has 0 N–H and O–H groups in total. The molecule has 4 heterocycles. The molecule has 3 aliphatic rings. The van der Waals surface area contributed by atoms with Gasteiger partial charge in [0.1, 0.15) is 0 Å². The molecule has 0 bridgehead atoms. The van der Waals surface area contributed by atoms with E-state index in [0.717, 1.165) is 5.69 Å². The minimum Gasteiger partial charge on any atom is -0.294 e. The van der Waals surface area contributed by atoms with Crippen molar-refractivity contribution in [1.82, 2.24) is 14.8 Å². The fraction of sp³-hybridized carbons (Fsp3) is 0.389. The van der Waals surface area contributed by atoms with Crippen molar-refractivity contribution in [2.75, 3.05) is 18.6 Å². The fourth-order valence-electron chi connectivity index (χ4n) is 7.22. The van der Waals surface area contributed by atoms with E-state index in [0.29, 0.717) is 67.1 Å². The molecule has 0 fully saturated rings. The van der Waals surface area contributed by atoms with Crippen molar-refractivity contribution in [2.45, 2.75) is 78.0 Å². The molecule has 2 aromatic carbocycles. The molecule has 1 amide bonds. The number of ketones is 3. The third-order valence-electron chi connectivity index (χ3n) is 9.76. The highest BCUT2D eigenvalue weighted by Gasteiger charge is 2.36. The molecule has 264 valence electrons. The quantitative estimate of drug-likeness (QED) is 0.279. The van der Waals surface area contributed by atoms with Crippen LogP contribution in [0.2, 0.25) is 0 Å². The summed E-state index contributed by atoms with van der Waals surface area (Å²) in [5, 5.41) is 9.68. The molecule has 3 aromatic rings. The number of hydrazone groups is 1. The molecule has 0 saturated heterocycles. The number of rotatable bonds is 3. The van der Waals surface area contributed by atoms with Gasteiger partial charge in [-0.1, -0.05) is 6.07 Å². The van der Waals surface area contributed by atoms with Crippen molar-refractivity contribution in [3.63, 3.8) is 0 Å². The number of hydrogen-bond acceptors (Lipinski definition) is 10. The van der Waals surface area contributed by atoms with Crippen LogP contribution in [0.5, 0.6) is 0 Å². The van der Waals surface area contributed by atoms with Gasteiger partial charge in [-0.15, -0.1) is 0 Å². The van der Waals surface area contributed by atoms with Crippen LogP contribution in [0, 0.1) is 41.5 Å². The Morgan fingerprint density at radius 1 is 0.740 bits per heavy atom. The van der Waals surface area contributed by atoms with Crippen molar-refractivity contribution >= 4 is 54.2 Å². The minimum absolute atomic E-state index is 0.0102. The van der Waals surface area contributed by atoms with Crippen molar-refractivity contribution < 1.29 is 36.0 Å². The van der Waals surface area contributed by atoms with Crippen LogP contribution in [0.3, 0.4) is 0 Å². The third-order valence-corrected chi connectivity index (χ3v) is 13.5. The number of hydrogen-bond donors (Lipinski definition) is 0. The monoisotopic (exact) mass is 720 g/mol. The van der Waals surface area contributed by atoms with Gasteiger partial charge in [-0.25, -0.2) is 21.8 Å². The highest BCUT2D eigenvalue weighted by atomic mass is 32.2. The van der Waals surface area contributed by atoms with E-state index in [1.807, 2.05) is 0 Å². The fourth-order valence-corrected chi connectivity index (χ4v) is 10.9. The SMILES string of the molecule is CC1=NN(C)C(=O)/C1=C(/C)c1cc(C)c2c(c1C)S(=O)(=O)CCC2=O.Cc1cc(C(=O)c2c(C)nn(C)c2C)c(C)c2c1C(=O)CCS2(=O)=O. The van der Waals surface area contributed by atoms with E-state index >= 15 is 0 Å². The number of nitrogens with zero attached hydrogens (tertiary/aromatic N) is 4. The average Bonchev–Trinajstić information content (AvgIpc) is 3.44. The Balaban J connectivity index is 0.000000194. The molecular weight excluding hydrogens is 681 g/mol. The summed E-state index contributed by atoms with van der Waals surface area (Å²) in [7, 11) is -3.75. The molecule has 6 rings (SSSR count). The van der Waals surface area contributed by atoms with Crippen LogP contribution in [0.4, 0.5) is 0 Å². The maximum Gasteiger partial charge on any atom is 0.275 e. The first-order valence-electron chi connectivity index (χ1n) is 16.0. The van der Waals surface area contributed by atoms with E-state index in [-0.39, 0.29) is 63.0 Å². The van der Waals surface area contributed by atoms with E-state index < -0.39 is 19.7 Å². The van der Waals surface area contributed by atoms with Crippen LogP contribution >= 0.6 is 0 Å². The number of aromatic nitrogens is 2. The normalized spacial score (nSPS) is 18.6. The number of aryl methyl sites for hydroxylation is 4. The largest absolute Gasteiger partial charge is 0.294 e. The van der Waals surface area contributed by atoms with Crippen LogP contribution in [0.25, 0.3) is 5.57 Å². The second-order valence-corrected chi connectivity index (χ2v) is 17.2. The van der Waals surface area contributed by atoms with Gasteiger partial charge < -0.3 is 0 Å². The summed E-state index contributed by atoms with van der Waals surface area (Å²) in [5.74, 6) is -1.18. The molecule has 0 saturated carbocycles. The Morgan fingerprint density at radius 3 is 1.62 bits per heavy atom. The van der Waals surface area contributed by atoms with Gasteiger partial charge in [0.05, 0.1) is 43.8 Å². The first kappa shape index (κ1) is 36.7. The number of fused-ring (bicyclic) bond motifs is 2. The van der Waals surface area contributed by atoms with Gasteiger partial charge in [-0.2, -0.15) is 10.2 Å². The lowest BCUT2D eigenvalue weighted by atomic mass is 9.90. The molecule has 0 spiro atoms. The predicted octanol–water partition coefficient (Wildman–Crippen LogP) is 4.53. The Hall–Kier alpha value is -4.56. The zero-order valence-electron chi connectivity index (χ0n) is 29.9. The van der Waals surface area contributed by atoms with Gasteiger partial charge in [0.2, 0.25) is 0 Å². The summed E-state index contributed by atoms with van der Waals surface area (Å²) in [4.78, 5) is 50.2. The number of allylic oxidation sites excluding steroid dienone is 1. The summed E-state index contributed by atoms with van der Waals surface area (Å²) in [6, 6.07) is 3.43. The summed E-state index contributed by atoms with van der Waals surface area (Å²) < 4.78 is 52.0. The molecule has 50 heavy (non-hydrogen) atoms. The summed E-state index contributed by atoms with van der Waals surface area (Å²) in [5.41, 5.74) is 7.07. The van der Waals surface area contributed by atoms with E-state index in [9.17, 15) is 36.0 Å². The van der Waals surface area contributed by atoms with Gasteiger partial charge in [-0.3, -0.25) is 23.9 Å². The first-order chi connectivity index (χ1) is 23.1. The van der Waals surface area contributed by atoms with Crippen LogP contribution in [-0.4, -0.2) is 79.1 Å². The van der Waals surface area contributed by atoms with Gasteiger partial charge in [-0.05, 0) is 94.8 Å². The highest BCUT2D eigenvalue weighted by molar-refractivity contribution is 7.92. The standard InChI is InChI=1S/2C18H20N2O4S/c1-9-8-13(17(22)16-11(3)19-20(5)12(16)4)10(2)18-15(9)14(21)6-7-25(18,23)24;1-9-8-13(10(2)16-12(4)19-20(5)18(16)22)11(3)17-15(9)14(21)6-7-25(17,23)24/h2*8H,6-7H2,1-5H3/b;16-10-. The van der Waals surface area contributed by atoms with Crippen molar-refractivity contribution in [3.05, 3.63) is 79.2 Å². The molecule has 0 aliphatic carbocycles. The first-order valence-corrected chi connectivity index (χ1v) is 19.3. The van der Waals surface area contributed by atoms with Gasteiger partial charge >= 0.3 is 0 Å². The number of Topliss-reactive ketones (excluding diaryl/α,β-unsaturated/α-hetero) is 2. The average molecular weight is 721 g/mol. The Labute approximate surface area is 292 Å². The molecule has 0 atom stereocenters. The van der Waals surface area contributed by atoms with E-state index in [1.54, 1.807) is 86.3 Å². The van der Waals surface area contributed by atoms with E-state index in [2.05, 4.69) is 10.2 Å². The van der Waals surface area contributed by atoms with Crippen LogP contribution < -0.4 is 0 Å². The second kappa shape index (κ2) is 12.6. The zero-order chi connectivity index (χ0) is 37.4. The summed E-state index contributed by atoms with van der Waals surface area (Å²) in [6.45, 7) is 13.8. The third kappa shape index (κ3) is 5.87. The lowest BCUT2D eigenvalue weighted by Crippen LogP contribution is -2.25. The van der Waals surface area contributed by atoms with E-state index in [4.69, 9.17) is 0 Å². The molecule has 1 aromatic heterocycles. The number of likely N-dealkylation sites (N-methyl/N-ethyl adjacent to an activating group) is 1. The Kier molecular flexibility index (Phi) is 9.28. The summed E-state index contributed by atoms with van der Waals surface area (Å²) in [6.07, 6.45) is 0.00774. The van der Waals surface area contributed by atoms with Crippen molar-refractivity contribution in [1.29, 1.82) is 0 Å². The highest BCUT2D eigenvalue weighted by Crippen LogP contribution is 2.37. The van der Waals surface area contributed by atoms with E-state index in [1.165, 1.54) is 5.01 Å². The van der Waals surface area contributed by atoms with Gasteiger partial charge in [0.15, 0.2) is 37.0 Å². The molecule has 14 heteroatoms. The van der Waals surface area contributed by atoms with Crippen LogP contribution in [-0.2, 0) is 31.5 Å². The zero-order valence-corrected chi connectivity index (χ0v) is 31.5. The number of amides is 1. The molecule has 0 unspecified atom stereocenters. The number of benzene rings is 2. The maximum absolute atomic E-state index is 13.1. The van der Waals surface area contributed by atoms with Gasteiger partial charge in [0.25, 0.3) is 5.91 Å².